The molecular formula is C28H26O7. The van der Waals surface area contributed by atoms with Gasteiger partial charge in [-0.3, -0.25) is 4.79 Å². The van der Waals surface area contributed by atoms with Gasteiger partial charge in [-0.05, 0) is 54.4 Å². The molecule has 0 atom stereocenters. The van der Waals surface area contributed by atoms with E-state index in [0.29, 0.717) is 40.6 Å². The third-order valence-electron chi connectivity index (χ3n) is 5.51. The second-order valence-corrected chi connectivity index (χ2v) is 7.60. The summed E-state index contributed by atoms with van der Waals surface area (Å²) in [6.07, 6.45) is 3.74. The summed E-state index contributed by atoms with van der Waals surface area (Å²) in [5.41, 5.74) is 1.71. The molecule has 7 heteroatoms. The van der Waals surface area contributed by atoms with Crippen molar-refractivity contribution in [2.75, 3.05) is 27.9 Å². The Bertz CT molecular complexity index is 1430. The Balaban J connectivity index is 1.89. The van der Waals surface area contributed by atoms with Gasteiger partial charge in [-0.15, -0.1) is 0 Å². The molecule has 0 spiro atoms. The quantitative estimate of drug-likeness (QED) is 0.325. The van der Waals surface area contributed by atoms with E-state index in [-0.39, 0.29) is 11.1 Å². The Labute approximate surface area is 202 Å². The van der Waals surface area contributed by atoms with Gasteiger partial charge in [-0.2, -0.15) is 0 Å². The lowest BCUT2D eigenvalue weighted by atomic mass is 10.00. The first-order valence-electron chi connectivity index (χ1n) is 11.0. The maximum Gasteiger partial charge on any atom is 0.235 e. The molecule has 0 saturated carbocycles. The third kappa shape index (κ3) is 4.80. The standard InChI is InChI=1S/C28H26O7/c1-5-34-19-10-7-17(8-11-19)6-9-18-14-21(32-3)16-24(33-4)25(18)28-27(30)26(29)22-15-20(31-2)12-13-23(22)35-28/h6-16,30H,5H2,1-4H3. The van der Waals surface area contributed by atoms with Crippen LogP contribution in [-0.4, -0.2) is 33.0 Å². The Morgan fingerprint density at radius 1 is 0.857 bits per heavy atom. The zero-order valence-corrected chi connectivity index (χ0v) is 20.0. The normalized spacial score (nSPS) is 11.1. The summed E-state index contributed by atoms with van der Waals surface area (Å²) in [6, 6.07) is 15.9. The van der Waals surface area contributed by atoms with Crippen molar-refractivity contribution >= 4 is 23.1 Å². The Morgan fingerprint density at radius 2 is 1.57 bits per heavy atom. The van der Waals surface area contributed by atoms with Crippen molar-refractivity contribution in [3.8, 4) is 40.1 Å². The van der Waals surface area contributed by atoms with E-state index < -0.39 is 11.2 Å². The summed E-state index contributed by atoms with van der Waals surface area (Å²) in [4.78, 5) is 13.0. The molecule has 0 aliphatic carbocycles. The fourth-order valence-corrected chi connectivity index (χ4v) is 3.75. The Kier molecular flexibility index (Phi) is 6.96. The minimum absolute atomic E-state index is 0.00138. The number of rotatable bonds is 8. The molecule has 0 aliphatic heterocycles. The van der Waals surface area contributed by atoms with E-state index in [0.717, 1.165) is 11.3 Å². The van der Waals surface area contributed by atoms with Crippen molar-refractivity contribution in [2.45, 2.75) is 6.92 Å². The molecule has 0 radical (unpaired) electrons. The zero-order chi connectivity index (χ0) is 24.9. The van der Waals surface area contributed by atoms with Crippen LogP contribution in [0.4, 0.5) is 0 Å². The van der Waals surface area contributed by atoms with Gasteiger partial charge >= 0.3 is 0 Å². The molecule has 180 valence electrons. The maximum absolute atomic E-state index is 13.0. The van der Waals surface area contributed by atoms with Crippen LogP contribution in [0.1, 0.15) is 18.1 Å². The van der Waals surface area contributed by atoms with E-state index in [4.69, 9.17) is 23.4 Å². The molecule has 35 heavy (non-hydrogen) atoms. The monoisotopic (exact) mass is 474 g/mol. The number of hydrogen-bond donors (Lipinski definition) is 1. The van der Waals surface area contributed by atoms with Crippen molar-refractivity contribution in [3.63, 3.8) is 0 Å². The summed E-state index contributed by atoms with van der Waals surface area (Å²) in [6.45, 7) is 2.53. The van der Waals surface area contributed by atoms with Crippen molar-refractivity contribution in [2.24, 2.45) is 0 Å². The van der Waals surface area contributed by atoms with E-state index in [1.165, 1.54) is 20.3 Å². The van der Waals surface area contributed by atoms with Crippen LogP contribution in [0, 0.1) is 0 Å². The molecule has 1 aromatic heterocycles. The number of aromatic hydroxyl groups is 1. The number of hydrogen-bond acceptors (Lipinski definition) is 7. The van der Waals surface area contributed by atoms with Gasteiger partial charge in [0.25, 0.3) is 0 Å². The predicted octanol–water partition coefficient (Wildman–Crippen LogP) is 5.76. The first-order valence-corrected chi connectivity index (χ1v) is 11.0. The molecule has 3 aromatic carbocycles. The lowest BCUT2D eigenvalue weighted by Gasteiger charge is -2.15. The summed E-state index contributed by atoms with van der Waals surface area (Å²) in [5.74, 6) is 1.67. The average Bonchev–Trinajstić information content (AvgIpc) is 2.89. The third-order valence-corrected chi connectivity index (χ3v) is 5.51. The highest BCUT2D eigenvalue weighted by atomic mass is 16.5. The molecule has 1 N–H and O–H groups in total. The van der Waals surface area contributed by atoms with Gasteiger partial charge in [0.05, 0.1) is 38.9 Å². The largest absolute Gasteiger partial charge is 0.502 e. The number of fused-ring (bicyclic) bond motifs is 1. The first kappa shape index (κ1) is 23.8. The van der Waals surface area contributed by atoms with Gasteiger partial charge in [-0.1, -0.05) is 24.3 Å². The van der Waals surface area contributed by atoms with E-state index >= 15 is 0 Å². The highest BCUT2D eigenvalue weighted by Gasteiger charge is 2.22. The molecule has 4 rings (SSSR count). The maximum atomic E-state index is 13.0. The van der Waals surface area contributed by atoms with Gasteiger partial charge in [-0.25, -0.2) is 0 Å². The summed E-state index contributed by atoms with van der Waals surface area (Å²) >= 11 is 0. The van der Waals surface area contributed by atoms with Crippen molar-refractivity contribution < 1.29 is 28.5 Å². The van der Waals surface area contributed by atoms with Gasteiger partial charge in [0.1, 0.15) is 28.6 Å². The minimum atomic E-state index is -0.570. The molecule has 7 nitrogen and oxygen atoms in total. The predicted molar refractivity (Wildman–Crippen MR) is 136 cm³/mol. The van der Waals surface area contributed by atoms with Crippen LogP contribution >= 0.6 is 0 Å². The molecule has 1 heterocycles. The summed E-state index contributed by atoms with van der Waals surface area (Å²) in [7, 11) is 4.55. The lowest BCUT2D eigenvalue weighted by molar-refractivity contribution is 0.340. The number of methoxy groups -OCH3 is 3. The van der Waals surface area contributed by atoms with Crippen LogP contribution in [-0.2, 0) is 0 Å². The van der Waals surface area contributed by atoms with Crippen LogP contribution in [0.5, 0.6) is 28.7 Å². The Hall–Kier alpha value is -4.39. The van der Waals surface area contributed by atoms with Crippen LogP contribution in [0.25, 0.3) is 34.4 Å². The fraction of sp³-hybridized carbons (Fsp3) is 0.179. The molecule has 4 aromatic rings. The van der Waals surface area contributed by atoms with E-state index in [1.807, 2.05) is 43.3 Å². The SMILES string of the molecule is CCOc1ccc(C=Cc2cc(OC)cc(OC)c2-c2oc3ccc(OC)cc3c(=O)c2O)cc1. The van der Waals surface area contributed by atoms with Crippen molar-refractivity contribution in [1.29, 1.82) is 0 Å². The fourth-order valence-electron chi connectivity index (χ4n) is 3.75. The number of benzene rings is 3. The smallest absolute Gasteiger partial charge is 0.235 e. The summed E-state index contributed by atoms with van der Waals surface area (Å²) in [5, 5.41) is 11.1. The first-order chi connectivity index (χ1) is 17.0. The van der Waals surface area contributed by atoms with Gasteiger partial charge < -0.3 is 28.5 Å². The van der Waals surface area contributed by atoms with Crippen LogP contribution < -0.4 is 24.4 Å². The summed E-state index contributed by atoms with van der Waals surface area (Å²) < 4.78 is 27.8. The van der Waals surface area contributed by atoms with Crippen LogP contribution in [0.15, 0.2) is 63.8 Å². The second kappa shape index (κ2) is 10.3. The van der Waals surface area contributed by atoms with E-state index in [9.17, 15) is 9.90 Å². The highest BCUT2D eigenvalue weighted by molar-refractivity contribution is 5.89. The molecule has 0 aliphatic rings. The number of ether oxygens (including phenoxy) is 4. The topological polar surface area (TPSA) is 87.4 Å². The molecule has 0 fully saturated rings. The van der Waals surface area contributed by atoms with Crippen LogP contribution in [0.2, 0.25) is 0 Å². The highest BCUT2D eigenvalue weighted by Crippen LogP contribution is 2.42. The second-order valence-electron chi connectivity index (χ2n) is 7.60. The Morgan fingerprint density at radius 3 is 2.23 bits per heavy atom. The molecular weight excluding hydrogens is 448 g/mol. The lowest BCUT2D eigenvalue weighted by Crippen LogP contribution is -2.04. The zero-order valence-electron chi connectivity index (χ0n) is 20.0. The van der Waals surface area contributed by atoms with E-state index in [2.05, 4.69) is 0 Å². The average molecular weight is 475 g/mol. The van der Waals surface area contributed by atoms with E-state index in [1.54, 1.807) is 31.4 Å². The van der Waals surface area contributed by atoms with Crippen LogP contribution in [0.3, 0.4) is 0 Å². The van der Waals surface area contributed by atoms with Gasteiger partial charge in [0, 0.05) is 6.07 Å². The molecule has 0 saturated heterocycles. The molecule has 0 unspecified atom stereocenters. The molecule has 0 amide bonds. The van der Waals surface area contributed by atoms with Gasteiger partial charge in [0.15, 0.2) is 5.76 Å². The van der Waals surface area contributed by atoms with Gasteiger partial charge in [0.2, 0.25) is 11.2 Å². The molecule has 0 bridgehead atoms. The van der Waals surface area contributed by atoms with Crippen molar-refractivity contribution in [1.82, 2.24) is 0 Å². The minimum Gasteiger partial charge on any atom is -0.502 e. The van der Waals surface area contributed by atoms with Crippen molar-refractivity contribution in [3.05, 3.63) is 75.9 Å².